The summed E-state index contributed by atoms with van der Waals surface area (Å²) < 4.78 is 0. The lowest BCUT2D eigenvalue weighted by Crippen LogP contribution is -2.24. The number of rotatable bonds is 3. The van der Waals surface area contributed by atoms with Crippen LogP contribution < -0.4 is 10.7 Å². The number of fused-ring (bicyclic) bond motifs is 3. The third-order valence-corrected chi connectivity index (χ3v) is 4.47. The van der Waals surface area contributed by atoms with Gasteiger partial charge in [-0.2, -0.15) is 5.10 Å². The molecule has 0 fully saturated rings. The summed E-state index contributed by atoms with van der Waals surface area (Å²) in [6.45, 7) is 4.16. The Bertz CT molecular complexity index is 851. The standard InChI is InChI=1S/C19H19N5/c1-12-5-3-7-15-16-8-9-17(21-19(16)22-18(12)15)24-23-13(2)14-6-4-10-20-11-14/h3-12,18H,1-2H3,(H2,21,22,24)/b23-13-. The lowest BCUT2D eigenvalue weighted by Gasteiger charge is -2.20. The number of pyridine rings is 2. The summed E-state index contributed by atoms with van der Waals surface area (Å²) in [6.07, 6.45) is 10.1. The number of hydrogen-bond acceptors (Lipinski definition) is 5. The van der Waals surface area contributed by atoms with Gasteiger partial charge in [0, 0.05) is 23.5 Å². The van der Waals surface area contributed by atoms with Crippen molar-refractivity contribution in [2.75, 3.05) is 10.7 Å². The van der Waals surface area contributed by atoms with Gasteiger partial charge in [0.2, 0.25) is 0 Å². The third kappa shape index (κ3) is 2.58. The zero-order chi connectivity index (χ0) is 16.5. The molecule has 2 aromatic rings. The number of hydrazone groups is 1. The zero-order valence-electron chi connectivity index (χ0n) is 13.7. The van der Waals surface area contributed by atoms with Gasteiger partial charge in [-0.25, -0.2) is 4.98 Å². The van der Waals surface area contributed by atoms with E-state index < -0.39 is 0 Å². The van der Waals surface area contributed by atoms with Gasteiger partial charge < -0.3 is 5.32 Å². The van der Waals surface area contributed by atoms with Gasteiger partial charge in [-0.1, -0.05) is 31.2 Å². The summed E-state index contributed by atoms with van der Waals surface area (Å²) in [6, 6.07) is 8.26. The lowest BCUT2D eigenvalue weighted by molar-refractivity contribution is 0.683. The average molecular weight is 317 g/mol. The van der Waals surface area contributed by atoms with Gasteiger partial charge in [-0.3, -0.25) is 10.4 Å². The summed E-state index contributed by atoms with van der Waals surface area (Å²) in [5.74, 6) is 2.10. The summed E-state index contributed by atoms with van der Waals surface area (Å²) in [4.78, 5) is 8.77. The first kappa shape index (κ1) is 14.6. The highest BCUT2D eigenvalue weighted by molar-refractivity contribution is 5.98. The summed E-state index contributed by atoms with van der Waals surface area (Å²) in [7, 11) is 0. The summed E-state index contributed by atoms with van der Waals surface area (Å²) >= 11 is 0. The van der Waals surface area contributed by atoms with Gasteiger partial charge in [0.1, 0.15) is 11.6 Å². The Hall–Kier alpha value is -2.95. The quantitative estimate of drug-likeness (QED) is 0.669. The van der Waals surface area contributed by atoms with E-state index >= 15 is 0 Å². The van der Waals surface area contributed by atoms with Crippen LogP contribution in [0.4, 0.5) is 11.6 Å². The summed E-state index contributed by atoms with van der Waals surface area (Å²) in [5.41, 5.74) is 7.38. The van der Waals surface area contributed by atoms with Crippen molar-refractivity contribution in [2.24, 2.45) is 11.0 Å². The third-order valence-electron chi connectivity index (χ3n) is 4.47. The fraction of sp³-hybridized carbons (Fsp3) is 0.211. The highest BCUT2D eigenvalue weighted by Gasteiger charge is 2.31. The molecule has 2 unspecified atom stereocenters. The normalized spacial score (nSPS) is 21.6. The fourth-order valence-corrected chi connectivity index (χ4v) is 3.09. The molecule has 1 aliphatic heterocycles. The maximum absolute atomic E-state index is 4.66. The van der Waals surface area contributed by atoms with E-state index in [1.807, 2.05) is 25.1 Å². The van der Waals surface area contributed by atoms with Crippen molar-refractivity contribution in [1.29, 1.82) is 0 Å². The molecule has 120 valence electrons. The van der Waals surface area contributed by atoms with Crippen LogP contribution in [0.25, 0.3) is 5.57 Å². The number of nitrogens with zero attached hydrogens (tertiary/aromatic N) is 3. The Morgan fingerprint density at radius 3 is 3.04 bits per heavy atom. The molecule has 0 radical (unpaired) electrons. The Kier molecular flexibility index (Phi) is 3.61. The monoisotopic (exact) mass is 317 g/mol. The molecule has 4 rings (SSSR count). The van der Waals surface area contributed by atoms with Crippen molar-refractivity contribution in [3.63, 3.8) is 0 Å². The van der Waals surface area contributed by atoms with E-state index in [0.717, 1.165) is 22.9 Å². The molecule has 2 N–H and O–H groups in total. The van der Waals surface area contributed by atoms with Crippen LogP contribution in [-0.4, -0.2) is 21.7 Å². The van der Waals surface area contributed by atoms with Crippen LogP contribution in [0.15, 0.2) is 60.0 Å². The second kappa shape index (κ2) is 5.92. The first-order valence-electron chi connectivity index (χ1n) is 8.09. The maximum atomic E-state index is 4.66. The summed E-state index contributed by atoms with van der Waals surface area (Å²) in [5, 5.41) is 7.92. The SMILES string of the molecule is C/C(=N/Nc1ccc2c(n1)NC1C2=CC=CC1C)c1cccnc1. The molecule has 0 saturated carbocycles. The van der Waals surface area contributed by atoms with E-state index in [1.165, 1.54) is 11.1 Å². The minimum absolute atomic E-state index is 0.313. The second-order valence-electron chi connectivity index (χ2n) is 6.13. The van der Waals surface area contributed by atoms with E-state index in [-0.39, 0.29) is 0 Å². The molecule has 2 aromatic heterocycles. The van der Waals surface area contributed by atoms with Crippen molar-refractivity contribution in [3.8, 4) is 0 Å². The highest BCUT2D eigenvalue weighted by Crippen LogP contribution is 2.39. The van der Waals surface area contributed by atoms with Gasteiger partial charge in [0.05, 0.1) is 11.8 Å². The number of allylic oxidation sites excluding steroid dienone is 2. The van der Waals surface area contributed by atoms with E-state index in [9.17, 15) is 0 Å². The largest absolute Gasteiger partial charge is 0.362 e. The molecule has 0 saturated heterocycles. The molecule has 2 aliphatic rings. The van der Waals surface area contributed by atoms with Crippen molar-refractivity contribution >= 4 is 22.9 Å². The van der Waals surface area contributed by atoms with Crippen molar-refractivity contribution in [1.82, 2.24) is 9.97 Å². The Labute approximate surface area is 141 Å². The van der Waals surface area contributed by atoms with Crippen LogP contribution in [0.1, 0.15) is 25.0 Å². The van der Waals surface area contributed by atoms with Crippen LogP contribution in [0, 0.1) is 5.92 Å². The van der Waals surface area contributed by atoms with Crippen LogP contribution in [0.3, 0.4) is 0 Å². The zero-order valence-corrected chi connectivity index (χ0v) is 13.7. The van der Waals surface area contributed by atoms with Gasteiger partial charge in [0.25, 0.3) is 0 Å². The smallest absolute Gasteiger partial charge is 0.148 e. The van der Waals surface area contributed by atoms with Gasteiger partial charge in [0.15, 0.2) is 0 Å². The number of hydrogen-bond donors (Lipinski definition) is 2. The molecule has 0 amide bonds. The van der Waals surface area contributed by atoms with Gasteiger partial charge in [-0.15, -0.1) is 0 Å². The predicted molar refractivity (Wildman–Crippen MR) is 98.0 cm³/mol. The topological polar surface area (TPSA) is 62.2 Å². The maximum Gasteiger partial charge on any atom is 0.148 e. The minimum Gasteiger partial charge on any atom is -0.362 e. The van der Waals surface area contributed by atoms with Crippen molar-refractivity contribution in [3.05, 3.63) is 66.0 Å². The van der Waals surface area contributed by atoms with E-state index in [1.54, 1.807) is 12.4 Å². The van der Waals surface area contributed by atoms with Crippen LogP contribution in [-0.2, 0) is 0 Å². The molecular weight excluding hydrogens is 298 g/mol. The van der Waals surface area contributed by atoms with Crippen LogP contribution >= 0.6 is 0 Å². The predicted octanol–water partition coefficient (Wildman–Crippen LogP) is 3.70. The molecule has 0 bridgehead atoms. The first-order chi connectivity index (χ1) is 11.7. The molecular formula is C19H19N5. The Morgan fingerprint density at radius 1 is 1.29 bits per heavy atom. The molecule has 2 atom stereocenters. The molecule has 3 heterocycles. The molecule has 5 nitrogen and oxygen atoms in total. The molecule has 0 spiro atoms. The van der Waals surface area contributed by atoms with Crippen molar-refractivity contribution < 1.29 is 0 Å². The average Bonchev–Trinajstić information content (AvgIpc) is 3.00. The van der Waals surface area contributed by atoms with Gasteiger partial charge in [-0.05, 0) is 36.6 Å². The number of nitrogens with one attached hydrogen (secondary N) is 2. The van der Waals surface area contributed by atoms with Crippen LogP contribution in [0.2, 0.25) is 0 Å². The fourth-order valence-electron chi connectivity index (χ4n) is 3.09. The molecule has 5 heteroatoms. The Balaban J connectivity index is 1.56. The molecule has 0 aromatic carbocycles. The van der Waals surface area contributed by atoms with Crippen molar-refractivity contribution in [2.45, 2.75) is 19.9 Å². The lowest BCUT2D eigenvalue weighted by atomic mass is 9.89. The van der Waals surface area contributed by atoms with E-state index in [0.29, 0.717) is 12.0 Å². The van der Waals surface area contributed by atoms with E-state index in [2.05, 4.69) is 57.0 Å². The second-order valence-corrected chi connectivity index (χ2v) is 6.13. The minimum atomic E-state index is 0.313. The number of anilines is 2. The van der Waals surface area contributed by atoms with Gasteiger partial charge >= 0.3 is 0 Å². The van der Waals surface area contributed by atoms with Crippen LogP contribution in [0.5, 0.6) is 0 Å². The Morgan fingerprint density at radius 2 is 2.21 bits per heavy atom. The van der Waals surface area contributed by atoms with E-state index in [4.69, 9.17) is 0 Å². The first-order valence-corrected chi connectivity index (χ1v) is 8.09. The highest BCUT2D eigenvalue weighted by atomic mass is 15.3. The molecule has 24 heavy (non-hydrogen) atoms. The molecule has 1 aliphatic carbocycles. The number of aromatic nitrogens is 2.